The summed E-state index contributed by atoms with van der Waals surface area (Å²) >= 11 is 2.27. The summed E-state index contributed by atoms with van der Waals surface area (Å²) in [6.45, 7) is 0.692. The Morgan fingerprint density at radius 1 is 1.35 bits per heavy atom. The molecule has 0 unspecified atom stereocenters. The molecule has 3 rings (SSSR count). The van der Waals surface area contributed by atoms with Crippen molar-refractivity contribution in [3.05, 3.63) is 33.7 Å². The largest absolute Gasteiger partial charge is 0.334 e. The fourth-order valence-electron chi connectivity index (χ4n) is 1.59. The molecule has 4 nitrogen and oxygen atoms in total. The maximum atomic E-state index is 5.28. The maximum absolute atomic E-state index is 5.28. The van der Waals surface area contributed by atoms with Crippen molar-refractivity contribution < 1.29 is 4.52 Å². The SMILES string of the molecule is Ic1ccccc1-c1nc(CNC2CC2)no1. The summed E-state index contributed by atoms with van der Waals surface area (Å²) in [4.78, 5) is 4.40. The van der Waals surface area contributed by atoms with Gasteiger partial charge in [0.2, 0.25) is 0 Å². The lowest BCUT2D eigenvalue weighted by atomic mass is 10.2. The molecular formula is C12H12IN3O. The fraction of sp³-hybridized carbons (Fsp3) is 0.333. The van der Waals surface area contributed by atoms with Crippen molar-refractivity contribution in [2.24, 2.45) is 0 Å². The van der Waals surface area contributed by atoms with E-state index in [1.54, 1.807) is 0 Å². The zero-order valence-electron chi connectivity index (χ0n) is 9.19. The second kappa shape index (κ2) is 4.73. The Kier molecular flexibility index (Phi) is 3.11. The molecule has 0 spiro atoms. The Morgan fingerprint density at radius 2 is 2.18 bits per heavy atom. The standard InChI is InChI=1S/C12H12IN3O/c13-10-4-2-1-3-9(10)12-15-11(16-17-12)7-14-8-5-6-8/h1-4,8,14H,5-7H2. The summed E-state index contributed by atoms with van der Waals surface area (Å²) in [6, 6.07) is 8.66. The molecule has 0 aliphatic heterocycles. The molecule has 1 saturated carbocycles. The first kappa shape index (κ1) is 11.2. The van der Waals surface area contributed by atoms with Crippen LogP contribution in [0.3, 0.4) is 0 Å². The highest BCUT2D eigenvalue weighted by atomic mass is 127. The van der Waals surface area contributed by atoms with Crippen LogP contribution in [0.2, 0.25) is 0 Å². The fourth-order valence-corrected chi connectivity index (χ4v) is 2.21. The monoisotopic (exact) mass is 341 g/mol. The molecule has 0 amide bonds. The number of rotatable bonds is 4. The Hall–Kier alpha value is -0.950. The second-order valence-corrected chi connectivity index (χ2v) is 5.31. The van der Waals surface area contributed by atoms with Gasteiger partial charge in [-0.1, -0.05) is 17.3 Å². The summed E-state index contributed by atoms with van der Waals surface area (Å²) in [6.07, 6.45) is 2.53. The number of hydrogen-bond donors (Lipinski definition) is 1. The highest BCUT2D eigenvalue weighted by Crippen LogP contribution is 2.23. The van der Waals surface area contributed by atoms with E-state index in [4.69, 9.17) is 4.52 Å². The van der Waals surface area contributed by atoms with Gasteiger partial charge in [-0.05, 0) is 47.6 Å². The second-order valence-electron chi connectivity index (χ2n) is 4.15. The summed E-state index contributed by atoms with van der Waals surface area (Å²) in [5.74, 6) is 1.33. The van der Waals surface area contributed by atoms with Gasteiger partial charge in [0.05, 0.1) is 12.1 Å². The number of nitrogens with one attached hydrogen (secondary N) is 1. The first-order chi connectivity index (χ1) is 8.33. The Balaban J connectivity index is 1.77. The van der Waals surface area contributed by atoms with Crippen molar-refractivity contribution >= 4 is 22.6 Å². The van der Waals surface area contributed by atoms with Gasteiger partial charge in [0.15, 0.2) is 5.82 Å². The van der Waals surface area contributed by atoms with Crippen LogP contribution in [0, 0.1) is 3.57 Å². The lowest BCUT2D eigenvalue weighted by Gasteiger charge is -1.97. The zero-order chi connectivity index (χ0) is 11.7. The highest BCUT2D eigenvalue weighted by molar-refractivity contribution is 14.1. The topological polar surface area (TPSA) is 51.0 Å². The van der Waals surface area contributed by atoms with E-state index in [0.717, 1.165) is 15.0 Å². The van der Waals surface area contributed by atoms with Crippen molar-refractivity contribution in [2.75, 3.05) is 0 Å². The normalized spacial score (nSPS) is 15.1. The van der Waals surface area contributed by atoms with Gasteiger partial charge in [0.25, 0.3) is 5.89 Å². The molecule has 88 valence electrons. The number of hydrogen-bond acceptors (Lipinski definition) is 4. The maximum Gasteiger partial charge on any atom is 0.259 e. The van der Waals surface area contributed by atoms with Gasteiger partial charge in [-0.15, -0.1) is 0 Å². The van der Waals surface area contributed by atoms with Crippen LogP contribution in [0.1, 0.15) is 18.7 Å². The van der Waals surface area contributed by atoms with E-state index < -0.39 is 0 Å². The van der Waals surface area contributed by atoms with E-state index in [1.165, 1.54) is 12.8 Å². The third-order valence-electron chi connectivity index (χ3n) is 2.70. The van der Waals surface area contributed by atoms with Crippen LogP contribution in [-0.2, 0) is 6.54 Å². The molecule has 0 radical (unpaired) electrons. The molecule has 17 heavy (non-hydrogen) atoms. The van der Waals surface area contributed by atoms with Gasteiger partial charge in [-0.25, -0.2) is 0 Å². The molecule has 1 N–H and O–H groups in total. The van der Waals surface area contributed by atoms with Crippen LogP contribution in [0.5, 0.6) is 0 Å². The number of aromatic nitrogens is 2. The highest BCUT2D eigenvalue weighted by Gasteiger charge is 2.21. The molecule has 1 fully saturated rings. The Labute approximate surface area is 113 Å². The van der Waals surface area contributed by atoms with Gasteiger partial charge < -0.3 is 9.84 Å². The molecular weight excluding hydrogens is 329 g/mol. The van der Waals surface area contributed by atoms with E-state index in [2.05, 4.69) is 38.0 Å². The summed E-state index contributed by atoms with van der Waals surface area (Å²) in [5.41, 5.74) is 0.998. The Bertz CT molecular complexity index is 522. The Morgan fingerprint density at radius 3 is 2.94 bits per heavy atom. The van der Waals surface area contributed by atoms with Gasteiger partial charge in [-0.3, -0.25) is 0 Å². The predicted molar refractivity (Wildman–Crippen MR) is 72.3 cm³/mol. The van der Waals surface area contributed by atoms with Gasteiger partial charge in [-0.2, -0.15) is 4.98 Å². The summed E-state index contributed by atoms with van der Waals surface area (Å²) < 4.78 is 6.40. The summed E-state index contributed by atoms with van der Waals surface area (Å²) in [5, 5.41) is 7.35. The van der Waals surface area contributed by atoms with E-state index in [0.29, 0.717) is 18.5 Å². The molecule has 0 bridgehead atoms. The van der Waals surface area contributed by atoms with Crippen LogP contribution in [0.15, 0.2) is 28.8 Å². The van der Waals surface area contributed by atoms with E-state index in [-0.39, 0.29) is 0 Å². The van der Waals surface area contributed by atoms with Crippen molar-refractivity contribution in [1.82, 2.24) is 15.5 Å². The van der Waals surface area contributed by atoms with Crippen LogP contribution >= 0.6 is 22.6 Å². The minimum Gasteiger partial charge on any atom is -0.334 e. The van der Waals surface area contributed by atoms with Crippen LogP contribution in [0.25, 0.3) is 11.5 Å². The van der Waals surface area contributed by atoms with E-state index >= 15 is 0 Å². The molecule has 5 heteroatoms. The molecule has 1 aromatic carbocycles. The van der Waals surface area contributed by atoms with Gasteiger partial charge >= 0.3 is 0 Å². The summed E-state index contributed by atoms with van der Waals surface area (Å²) in [7, 11) is 0. The average Bonchev–Trinajstić information content (AvgIpc) is 3.06. The van der Waals surface area contributed by atoms with Crippen molar-refractivity contribution in [1.29, 1.82) is 0 Å². The van der Waals surface area contributed by atoms with Crippen molar-refractivity contribution in [3.8, 4) is 11.5 Å². The van der Waals surface area contributed by atoms with Crippen LogP contribution in [0.4, 0.5) is 0 Å². The smallest absolute Gasteiger partial charge is 0.259 e. The lowest BCUT2D eigenvalue weighted by molar-refractivity contribution is 0.419. The van der Waals surface area contributed by atoms with Crippen molar-refractivity contribution in [3.63, 3.8) is 0 Å². The minimum atomic E-state index is 0.600. The molecule has 2 aromatic rings. The van der Waals surface area contributed by atoms with E-state index in [1.807, 2.05) is 24.3 Å². The third-order valence-corrected chi connectivity index (χ3v) is 3.64. The molecule has 1 aromatic heterocycles. The minimum absolute atomic E-state index is 0.600. The lowest BCUT2D eigenvalue weighted by Crippen LogP contribution is -2.16. The van der Waals surface area contributed by atoms with Gasteiger partial charge in [0.1, 0.15) is 0 Å². The number of halogens is 1. The number of benzene rings is 1. The molecule has 0 saturated heterocycles. The molecule has 0 atom stereocenters. The first-order valence-corrected chi connectivity index (χ1v) is 6.71. The van der Waals surface area contributed by atoms with Crippen LogP contribution in [-0.4, -0.2) is 16.2 Å². The third kappa shape index (κ3) is 2.66. The van der Waals surface area contributed by atoms with Crippen LogP contribution < -0.4 is 5.32 Å². The predicted octanol–water partition coefficient (Wildman–Crippen LogP) is 2.59. The average molecular weight is 341 g/mol. The van der Waals surface area contributed by atoms with E-state index in [9.17, 15) is 0 Å². The number of nitrogens with zero attached hydrogens (tertiary/aromatic N) is 2. The zero-order valence-corrected chi connectivity index (χ0v) is 11.3. The first-order valence-electron chi connectivity index (χ1n) is 5.64. The molecule has 1 aliphatic carbocycles. The van der Waals surface area contributed by atoms with Crippen molar-refractivity contribution in [2.45, 2.75) is 25.4 Å². The quantitative estimate of drug-likeness (QED) is 0.869. The van der Waals surface area contributed by atoms with Gasteiger partial charge in [0, 0.05) is 9.61 Å². The molecule has 1 heterocycles. The molecule has 1 aliphatic rings.